The molecule has 4 aromatic rings. The smallest absolute Gasteiger partial charge is 0.237 e. The summed E-state index contributed by atoms with van der Waals surface area (Å²) in [7, 11) is 1.89. The van der Waals surface area contributed by atoms with E-state index in [1.54, 1.807) is 10.9 Å². The zero-order valence-corrected chi connectivity index (χ0v) is 21.6. The first kappa shape index (κ1) is 24.1. The van der Waals surface area contributed by atoms with E-state index in [0.29, 0.717) is 11.8 Å². The Morgan fingerprint density at radius 2 is 1.81 bits per heavy atom. The molecule has 0 spiro atoms. The van der Waals surface area contributed by atoms with Crippen LogP contribution in [0.4, 0.5) is 11.6 Å². The molecule has 1 saturated heterocycles. The largest absolute Gasteiger partial charge is 0.439 e. The number of benzene rings is 2. The SMILES string of the molecule is Cc1cccc(C)c1-c1cc(Oc2ccc(N3CCCOCC3)cc2)nc(NSc2cnn(C)c2)n1. The lowest BCUT2D eigenvalue weighted by Gasteiger charge is -2.22. The van der Waals surface area contributed by atoms with E-state index in [9.17, 15) is 0 Å². The molecule has 186 valence electrons. The van der Waals surface area contributed by atoms with Crippen LogP contribution in [0.3, 0.4) is 0 Å². The third-order valence-electron chi connectivity index (χ3n) is 6.03. The molecule has 1 N–H and O–H groups in total. The Balaban J connectivity index is 1.41. The number of hydrogen-bond donors (Lipinski definition) is 1. The lowest BCUT2D eigenvalue weighted by Crippen LogP contribution is -2.25. The Morgan fingerprint density at radius 1 is 1.00 bits per heavy atom. The average molecular weight is 503 g/mol. The summed E-state index contributed by atoms with van der Waals surface area (Å²) < 4.78 is 16.8. The number of nitrogens with one attached hydrogen (secondary N) is 1. The van der Waals surface area contributed by atoms with Crippen LogP contribution in [0.25, 0.3) is 11.3 Å². The van der Waals surface area contributed by atoms with E-state index in [2.05, 4.69) is 63.9 Å². The maximum atomic E-state index is 6.22. The van der Waals surface area contributed by atoms with Crippen LogP contribution in [-0.4, -0.2) is 46.1 Å². The fraction of sp³-hybridized carbons (Fsp3) is 0.296. The molecule has 0 radical (unpaired) electrons. The fourth-order valence-electron chi connectivity index (χ4n) is 4.28. The summed E-state index contributed by atoms with van der Waals surface area (Å²) >= 11 is 1.41. The molecule has 9 heteroatoms. The van der Waals surface area contributed by atoms with Gasteiger partial charge >= 0.3 is 0 Å². The van der Waals surface area contributed by atoms with Crippen molar-refractivity contribution < 1.29 is 9.47 Å². The van der Waals surface area contributed by atoms with Gasteiger partial charge in [-0.15, -0.1) is 0 Å². The second kappa shape index (κ2) is 11.0. The summed E-state index contributed by atoms with van der Waals surface area (Å²) in [5, 5.41) is 4.22. The van der Waals surface area contributed by atoms with Crippen molar-refractivity contribution >= 4 is 23.6 Å². The molecule has 2 aromatic carbocycles. The van der Waals surface area contributed by atoms with Crippen LogP contribution < -0.4 is 14.4 Å². The molecule has 1 fully saturated rings. The van der Waals surface area contributed by atoms with Gasteiger partial charge in [-0.05, 0) is 67.6 Å². The molecule has 0 saturated carbocycles. The van der Waals surface area contributed by atoms with Crippen molar-refractivity contribution in [3.8, 4) is 22.9 Å². The molecule has 2 aromatic heterocycles. The van der Waals surface area contributed by atoms with Gasteiger partial charge in [-0.25, -0.2) is 4.98 Å². The Kier molecular flexibility index (Phi) is 7.39. The van der Waals surface area contributed by atoms with E-state index in [4.69, 9.17) is 14.5 Å². The summed E-state index contributed by atoms with van der Waals surface area (Å²) in [6.45, 7) is 7.66. The van der Waals surface area contributed by atoms with Gasteiger partial charge in [0.2, 0.25) is 11.8 Å². The summed E-state index contributed by atoms with van der Waals surface area (Å²) in [5.41, 5.74) is 5.36. The molecule has 3 heterocycles. The zero-order valence-electron chi connectivity index (χ0n) is 20.8. The predicted octanol–water partition coefficient (Wildman–Crippen LogP) is 5.63. The van der Waals surface area contributed by atoms with Crippen LogP contribution in [0.5, 0.6) is 11.6 Å². The number of aromatic nitrogens is 4. The highest BCUT2D eigenvalue weighted by Gasteiger charge is 2.14. The number of aryl methyl sites for hydroxylation is 3. The van der Waals surface area contributed by atoms with Crippen LogP contribution in [0, 0.1) is 13.8 Å². The topological polar surface area (TPSA) is 77.3 Å². The second-order valence-corrected chi connectivity index (χ2v) is 9.66. The Morgan fingerprint density at radius 3 is 2.56 bits per heavy atom. The number of nitrogens with zero attached hydrogens (tertiary/aromatic N) is 5. The van der Waals surface area contributed by atoms with Gasteiger partial charge in [0, 0.05) is 50.3 Å². The molecule has 0 atom stereocenters. The van der Waals surface area contributed by atoms with E-state index in [0.717, 1.165) is 65.8 Å². The van der Waals surface area contributed by atoms with Crippen molar-refractivity contribution in [2.24, 2.45) is 7.05 Å². The van der Waals surface area contributed by atoms with Crippen molar-refractivity contribution in [1.29, 1.82) is 0 Å². The van der Waals surface area contributed by atoms with Gasteiger partial charge in [-0.1, -0.05) is 18.2 Å². The zero-order chi connectivity index (χ0) is 24.9. The first-order valence-corrected chi connectivity index (χ1v) is 12.8. The first-order chi connectivity index (χ1) is 17.5. The Bertz CT molecular complexity index is 1300. The number of ether oxygens (including phenoxy) is 2. The lowest BCUT2D eigenvalue weighted by molar-refractivity contribution is 0.152. The maximum absolute atomic E-state index is 6.22. The standard InChI is InChI=1S/C27H30N6O2S/c1-19-6-4-7-20(2)26(19)24-16-25(30-27(29-24)31-36-23-17-28-32(3)18-23)35-22-10-8-21(9-11-22)33-12-5-14-34-15-13-33/h4,6-11,16-18H,5,12-15H2,1-3H3,(H,29,30,31). The molecule has 0 bridgehead atoms. The van der Waals surface area contributed by atoms with Crippen LogP contribution in [0.15, 0.2) is 65.8 Å². The lowest BCUT2D eigenvalue weighted by atomic mass is 10.00. The Labute approximate surface area is 215 Å². The van der Waals surface area contributed by atoms with Gasteiger partial charge in [-0.3, -0.25) is 9.40 Å². The van der Waals surface area contributed by atoms with Crippen molar-refractivity contribution in [1.82, 2.24) is 19.7 Å². The van der Waals surface area contributed by atoms with E-state index >= 15 is 0 Å². The molecule has 8 nitrogen and oxygen atoms in total. The number of anilines is 2. The van der Waals surface area contributed by atoms with E-state index in [1.807, 2.05) is 31.4 Å². The highest BCUT2D eigenvalue weighted by molar-refractivity contribution is 8.00. The van der Waals surface area contributed by atoms with Crippen LogP contribution >= 0.6 is 11.9 Å². The highest BCUT2D eigenvalue weighted by atomic mass is 32.2. The molecular weight excluding hydrogens is 472 g/mol. The summed E-state index contributed by atoms with van der Waals surface area (Å²) in [5.74, 6) is 1.68. The van der Waals surface area contributed by atoms with E-state index in [1.165, 1.54) is 17.6 Å². The van der Waals surface area contributed by atoms with Crippen LogP contribution in [0.2, 0.25) is 0 Å². The van der Waals surface area contributed by atoms with E-state index < -0.39 is 0 Å². The normalized spacial score (nSPS) is 13.9. The minimum absolute atomic E-state index is 0.472. The van der Waals surface area contributed by atoms with Crippen molar-refractivity contribution in [2.45, 2.75) is 25.2 Å². The third-order valence-corrected chi connectivity index (χ3v) is 6.76. The molecule has 0 aliphatic carbocycles. The molecule has 0 unspecified atom stereocenters. The molecule has 1 aliphatic rings. The molecule has 0 amide bonds. The summed E-state index contributed by atoms with van der Waals surface area (Å²) in [4.78, 5) is 12.8. The highest BCUT2D eigenvalue weighted by Crippen LogP contribution is 2.32. The van der Waals surface area contributed by atoms with Gasteiger partial charge in [0.1, 0.15) is 5.75 Å². The van der Waals surface area contributed by atoms with Gasteiger partial charge < -0.3 is 14.4 Å². The summed E-state index contributed by atoms with van der Waals surface area (Å²) in [6, 6.07) is 16.3. The minimum Gasteiger partial charge on any atom is -0.439 e. The fourth-order valence-corrected chi connectivity index (χ4v) is 4.88. The number of hydrogen-bond acceptors (Lipinski definition) is 8. The van der Waals surface area contributed by atoms with Crippen LogP contribution in [0.1, 0.15) is 17.5 Å². The van der Waals surface area contributed by atoms with Crippen molar-refractivity contribution in [3.05, 3.63) is 72.1 Å². The monoisotopic (exact) mass is 502 g/mol. The third kappa shape index (κ3) is 5.80. The predicted molar refractivity (Wildman–Crippen MR) is 144 cm³/mol. The van der Waals surface area contributed by atoms with Gasteiger partial charge in [0.05, 0.1) is 23.4 Å². The quantitative estimate of drug-likeness (QED) is 0.326. The van der Waals surface area contributed by atoms with Crippen LogP contribution in [-0.2, 0) is 11.8 Å². The molecule has 1 aliphatic heterocycles. The molecule has 5 rings (SSSR count). The minimum atomic E-state index is 0.472. The van der Waals surface area contributed by atoms with Gasteiger partial charge in [-0.2, -0.15) is 10.1 Å². The number of rotatable bonds is 7. The van der Waals surface area contributed by atoms with Gasteiger partial charge in [0.15, 0.2) is 0 Å². The van der Waals surface area contributed by atoms with Crippen molar-refractivity contribution in [3.63, 3.8) is 0 Å². The maximum Gasteiger partial charge on any atom is 0.237 e. The summed E-state index contributed by atoms with van der Waals surface area (Å²) in [6.07, 6.45) is 4.76. The first-order valence-electron chi connectivity index (χ1n) is 12.0. The van der Waals surface area contributed by atoms with Gasteiger partial charge in [0.25, 0.3) is 0 Å². The second-order valence-electron chi connectivity index (χ2n) is 8.78. The Hall–Kier alpha value is -3.56. The van der Waals surface area contributed by atoms with Crippen molar-refractivity contribution in [2.75, 3.05) is 35.9 Å². The van der Waals surface area contributed by atoms with E-state index in [-0.39, 0.29) is 0 Å². The average Bonchev–Trinajstić information content (AvgIpc) is 3.10. The molecule has 36 heavy (non-hydrogen) atoms. The molecular formula is C27H30N6O2S.